The van der Waals surface area contributed by atoms with Gasteiger partial charge in [-0.25, -0.2) is 4.79 Å². The fourth-order valence-electron chi connectivity index (χ4n) is 4.09. The highest BCUT2D eigenvalue weighted by atomic mass is 35.5. The Hall–Kier alpha value is -1.59. The lowest BCUT2D eigenvalue weighted by Gasteiger charge is -2.40. The number of nitrogens with zero attached hydrogens (tertiary/aromatic N) is 2. The van der Waals surface area contributed by atoms with Gasteiger partial charge in [-0.15, -0.1) is 0 Å². The van der Waals surface area contributed by atoms with E-state index in [1.807, 2.05) is 23.1 Å². The third-order valence-electron chi connectivity index (χ3n) is 5.57. The molecule has 142 valence electrons. The van der Waals surface area contributed by atoms with Gasteiger partial charge >= 0.3 is 5.97 Å². The van der Waals surface area contributed by atoms with Crippen LogP contribution < -0.4 is 0 Å². The van der Waals surface area contributed by atoms with Gasteiger partial charge in [0.15, 0.2) is 0 Å². The average molecular weight is 379 g/mol. The van der Waals surface area contributed by atoms with Gasteiger partial charge < -0.3 is 9.64 Å². The molecule has 1 saturated carbocycles. The van der Waals surface area contributed by atoms with E-state index in [-0.39, 0.29) is 17.8 Å². The Morgan fingerprint density at radius 2 is 1.73 bits per heavy atom. The molecule has 6 heteroatoms. The Kier molecular flexibility index (Phi) is 6.54. The van der Waals surface area contributed by atoms with Gasteiger partial charge in [-0.3, -0.25) is 9.69 Å². The number of halogens is 1. The first-order valence-electron chi connectivity index (χ1n) is 9.47. The minimum absolute atomic E-state index is 0.190. The Morgan fingerprint density at radius 1 is 1.08 bits per heavy atom. The van der Waals surface area contributed by atoms with Crippen LogP contribution in [0.5, 0.6) is 0 Å². The quantitative estimate of drug-likeness (QED) is 0.754. The Morgan fingerprint density at radius 3 is 2.35 bits per heavy atom. The minimum Gasteiger partial charge on any atom is -0.468 e. The molecule has 1 aromatic carbocycles. The van der Waals surface area contributed by atoms with Gasteiger partial charge in [-0.05, 0) is 24.5 Å². The summed E-state index contributed by atoms with van der Waals surface area (Å²) >= 11 is 6.32. The molecular weight excluding hydrogens is 352 g/mol. The molecule has 3 rings (SSSR count). The van der Waals surface area contributed by atoms with E-state index >= 15 is 0 Å². The van der Waals surface area contributed by atoms with Crippen LogP contribution in [-0.4, -0.2) is 55.0 Å². The molecule has 0 bridgehead atoms. The highest BCUT2D eigenvalue weighted by Gasteiger charge is 2.35. The number of hydrogen-bond donors (Lipinski definition) is 0. The van der Waals surface area contributed by atoms with Crippen LogP contribution in [0.15, 0.2) is 24.3 Å². The van der Waals surface area contributed by atoms with E-state index < -0.39 is 6.04 Å². The predicted octanol–water partition coefficient (Wildman–Crippen LogP) is 3.28. The summed E-state index contributed by atoms with van der Waals surface area (Å²) in [7, 11) is 1.40. The zero-order valence-electron chi connectivity index (χ0n) is 15.3. The van der Waals surface area contributed by atoms with Crippen molar-refractivity contribution in [2.75, 3.05) is 33.3 Å². The number of esters is 1. The van der Waals surface area contributed by atoms with Crippen LogP contribution in [0, 0.1) is 5.92 Å². The summed E-state index contributed by atoms with van der Waals surface area (Å²) in [6.07, 6.45) is 5.60. The van der Waals surface area contributed by atoms with E-state index in [1.165, 1.54) is 13.5 Å². The topological polar surface area (TPSA) is 49.9 Å². The first kappa shape index (κ1) is 19.2. The maximum atomic E-state index is 12.7. The smallest absolute Gasteiger partial charge is 0.327 e. The monoisotopic (exact) mass is 378 g/mol. The van der Waals surface area contributed by atoms with E-state index in [4.69, 9.17) is 16.3 Å². The molecule has 0 radical (unpaired) electrons. The Bertz CT molecular complexity index is 638. The van der Waals surface area contributed by atoms with Crippen molar-refractivity contribution in [1.29, 1.82) is 0 Å². The number of rotatable bonds is 4. The zero-order valence-corrected chi connectivity index (χ0v) is 16.1. The minimum atomic E-state index is -0.527. The van der Waals surface area contributed by atoms with E-state index in [0.717, 1.165) is 31.2 Å². The van der Waals surface area contributed by atoms with E-state index in [1.54, 1.807) is 6.07 Å². The normalized spacial score (nSPS) is 20.6. The average Bonchev–Trinajstić information content (AvgIpc) is 2.70. The third kappa shape index (κ3) is 4.21. The first-order chi connectivity index (χ1) is 12.6. The third-order valence-corrected chi connectivity index (χ3v) is 5.91. The lowest BCUT2D eigenvalue weighted by atomic mass is 9.88. The second-order valence-electron chi connectivity index (χ2n) is 7.14. The summed E-state index contributed by atoms with van der Waals surface area (Å²) in [6, 6.07) is 6.85. The summed E-state index contributed by atoms with van der Waals surface area (Å²) in [5.41, 5.74) is 0.757. The molecule has 0 spiro atoms. The molecular formula is C20H27ClN2O3. The van der Waals surface area contributed by atoms with Crippen molar-refractivity contribution in [2.24, 2.45) is 5.92 Å². The molecule has 0 unspecified atom stereocenters. The molecule has 1 aliphatic carbocycles. The van der Waals surface area contributed by atoms with Crippen molar-refractivity contribution >= 4 is 23.5 Å². The second-order valence-corrected chi connectivity index (χ2v) is 7.55. The number of carbonyl (C=O) groups is 2. The van der Waals surface area contributed by atoms with Crippen molar-refractivity contribution in [3.05, 3.63) is 34.9 Å². The van der Waals surface area contributed by atoms with Crippen LogP contribution in [0.4, 0.5) is 0 Å². The number of piperazine rings is 1. The van der Waals surface area contributed by atoms with Gasteiger partial charge in [-0.2, -0.15) is 0 Å². The SMILES string of the molecule is COC(=O)[C@H](c1ccccc1Cl)N1CCN(C(=O)C2CCCCC2)CC1. The first-order valence-corrected chi connectivity index (χ1v) is 9.84. The predicted molar refractivity (Wildman–Crippen MR) is 101 cm³/mol. The molecule has 0 aromatic heterocycles. The van der Waals surface area contributed by atoms with Gasteiger partial charge in [0.05, 0.1) is 7.11 Å². The summed E-state index contributed by atoms with van der Waals surface area (Å²) in [4.78, 5) is 29.2. The van der Waals surface area contributed by atoms with Crippen molar-refractivity contribution in [3.63, 3.8) is 0 Å². The fourth-order valence-corrected chi connectivity index (χ4v) is 4.33. The van der Waals surface area contributed by atoms with Gasteiger partial charge in [0.25, 0.3) is 0 Å². The molecule has 1 atom stereocenters. The summed E-state index contributed by atoms with van der Waals surface area (Å²) in [6.45, 7) is 2.58. The largest absolute Gasteiger partial charge is 0.468 e. The van der Waals surface area contributed by atoms with Crippen LogP contribution in [-0.2, 0) is 14.3 Å². The molecule has 1 aromatic rings. The molecule has 1 aliphatic heterocycles. The highest BCUT2D eigenvalue weighted by molar-refractivity contribution is 6.31. The Balaban J connectivity index is 1.67. The van der Waals surface area contributed by atoms with Gasteiger partial charge in [0, 0.05) is 37.1 Å². The molecule has 2 fully saturated rings. The molecule has 1 heterocycles. The van der Waals surface area contributed by atoms with Crippen molar-refractivity contribution in [2.45, 2.75) is 38.1 Å². The Labute approximate surface area is 160 Å². The van der Waals surface area contributed by atoms with Crippen LogP contribution in [0.2, 0.25) is 5.02 Å². The maximum Gasteiger partial charge on any atom is 0.327 e. The van der Waals surface area contributed by atoms with Crippen LogP contribution in [0.3, 0.4) is 0 Å². The van der Waals surface area contributed by atoms with E-state index in [2.05, 4.69) is 4.90 Å². The van der Waals surface area contributed by atoms with Crippen molar-refractivity contribution in [3.8, 4) is 0 Å². The van der Waals surface area contributed by atoms with Crippen LogP contribution >= 0.6 is 11.6 Å². The van der Waals surface area contributed by atoms with Crippen molar-refractivity contribution < 1.29 is 14.3 Å². The standard InChI is InChI=1S/C20H27ClN2O3/c1-26-20(25)18(16-9-5-6-10-17(16)21)22-11-13-23(14-12-22)19(24)15-7-3-2-4-8-15/h5-6,9-10,15,18H,2-4,7-8,11-14H2,1H3/t18-/m0/s1. The summed E-state index contributed by atoms with van der Waals surface area (Å²) in [5, 5.41) is 0.559. The molecule has 5 nitrogen and oxygen atoms in total. The molecule has 1 saturated heterocycles. The number of hydrogen-bond acceptors (Lipinski definition) is 4. The molecule has 2 aliphatic rings. The molecule has 0 N–H and O–H groups in total. The second kappa shape index (κ2) is 8.87. The summed E-state index contributed by atoms with van der Waals surface area (Å²) < 4.78 is 5.02. The number of benzene rings is 1. The zero-order chi connectivity index (χ0) is 18.5. The van der Waals surface area contributed by atoms with E-state index in [9.17, 15) is 9.59 Å². The van der Waals surface area contributed by atoms with Crippen LogP contribution in [0.1, 0.15) is 43.7 Å². The van der Waals surface area contributed by atoms with Crippen LogP contribution in [0.25, 0.3) is 0 Å². The summed E-state index contributed by atoms with van der Waals surface area (Å²) in [5.74, 6) is 0.164. The molecule has 1 amide bonds. The van der Waals surface area contributed by atoms with Gasteiger partial charge in [0.2, 0.25) is 5.91 Å². The maximum absolute atomic E-state index is 12.7. The fraction of sp³-hybridized carbons (Fsp3) is 0.600. The number of amides is 1. The molecule has 26 heavy (non-hydrogen) atoms. The number of methoxy groups -OCH3 is 1. The highest BCUT2D eigenvalue weighted by Crippen LogP contribution is 2.30. The van der Waals surface area contributed by atoms with Gasteiger partial charge in [-0.1, -0.05) is 49.1 Å². The van der Waals surface area contributed by atoms with E-state index in [0.29, 0.717) is 31.2 Å². The number of carbonyl (C=O) groups excluding carboxylic acids is 2. The lowest BCUT2D eigenvalue weighted by Crippen LogP contribution is -2.52. The lowest BCUT2D eigenvalue weighted by molar-refractivity contribution is -0.149. The van der Waals surface area contributed by atoms with Gasteiger partial charge in [0.1, 0.15) is 6.04 Å². The van der Waals surface area contributed by atoms with Crippen molar-refractivity contribution in [1.82, 2.24) is 9.80 Å². The number of ether oxygens (including phenoxy) is 1.